The van der Waals surface area contributed by atoms with E-state index in [2.05, 4.69) is 78.9 Å². The van der Waals surface area contributed by atoms with Gasteiger partial charge in [-0.05, 0) is 58.7 Å². The summed E-state index contributed by atoms with van der Waals surface area (Å²) in [5.41, 5.74) is 4.94. The Bertz CT molecular complexity index is 1240. The molecule has 0 saturated heterocycles. The zero-order valence-corrected chi connectivity index (χ0v) is 15.5. The fourth-order valence-corrected chi connectivity index (χ4v) is 4.68. The molecular weight excluding hydrogens is 356 g/mol. The summed E-state index contributed by atoms with van der Waals surface area (Å²) in [6.07, 6.45) is 0. The van der Waals surface area contributed by atoms with Crippen molar-refractivity contribution in [1.29, 1.82) is 0 Å². The van der Waals surface area contributed by atoms with E-state index in [4.69, 9.17) is 11.6 Å². The first kappa shape index (κ1) is 15.6. The zero-order chi connectivity index (χ0) is 17.5. The largest absolute Gasteiger partial charge is 0.135 e. The van der Waals surface area contributed by atoms with Crippen LogP contribution < -0.4 is 0 Å². The van der Waals surface area contributed by atoms with E-state index in [-0.39, 0.29) is 0 Å². The minimum absolute atomic E-state index is 0.786. The average molecular weight is 371 g/mol. The third kappa shape index (κ3) is 2.70. The van der Waals surface area contributed by atoms with Gasteiger partial charge in [0, 0.05) is 25.2 Å². The number of fused-ring (bicyclic) bond motifs is 3. The predicted octanol–water partition coefficient (Wildman–Crippen LogP) is 8.04. The van der Waals surface area contributed by atoms with Gasteiger partial charge in [0.1, 0.15) is 0 Å². The average Bonchev–Trinajstić information content (AvgIpc) is 3.06. The van der Waals surface area contributed by atoms with Crippen molar-refractivity contribution in [3.8, 4) is 22.3 Å². The second-order valence-electron chi connectivity index (χ2n) is 6.40. The molecule has 0 aliphatic carbocycles. The summed E-state index contributed by atoms with van der Waals surface area (Å²) >= 11 is 8.04. The van der Waals surface area contributed by atoms with Gasteiger partial charge in [0.2, 0.25) is 0 Å². The SMILES string of the molecule is Clc1ccc2sc3ccc(-c4cccc(-c5ccccc5)c4)cc3c2c1. The molecule has 0 spiro atoms. The van der Waals surface area contributed by atoms with Gasteiger partial charge in [-0.3, -0.25) is 0 Å². The van der Waals surface area contributed by atoms with E-state index in [9.17, 15) is 0 Å². The second kappa shape index (κ2) is 6.28. The van der Waals surface area contributed by atoms with Crippen molar-refractivity contribution in [1.82, 2.24) is 0 Å². The van der Waals surface area contributed by atoms with Crippen molar-refractivity contribution >= 4 is 43.1 Å². The third-order valence-electron chi connectivity index (χ3n) is 4.73. The van der Waals surface area contributed by atoms with E-state index in [0.29, 0.717) is 0 Å². The Labute approximate surface area is 161 Å². The smallest absolute Gasteiger partial charge is 0.0413 e. The normalized spacial score (nSPS) is 11.3. The predicted molar refractivity (Wildman–Crippen MR) is 115 cm³/mol. The molecule has 4 aromatic carbocycles. The van der Waals surface area contributed by atoms with Crippen LogP contribution in [0.25, 0.3) is 42.4 Å². The Balaban J connectivity index is 1.67. The maximum Gasteiger partial charge on any atom is 0.0413 e. The van der Waals surface area contributed by atoms with Crippen LogP contribution in [0.1, 0.15) is 0 Å². The Morgan fingerprint density at radius 1 is 0.500 bits per heavy atom. The Morgan fingerprint density at radius 3 is 1.92 bits per heavy atom. The molecule has 0 bridgehead atoms. The van der Waals surface area contributed by atoms with E-state index in [0.717, 1.165) is 5.02 Å². The number of rotatable bonds is 2. The van der Waals surface area contributed by atoms with Crippen molar-refractivity contribution in [2.24, 2.45) is 0 Å². The molecule has 5 rings (SSSR count). The van der Waals surface area contributed by atoms with Gasteiger partial charge in [-0.25, -0.2) is 0 Å². The standard InChI is InChI=1S/C24H15ClS/c25-20-10-12-24-22(15-20)21-14-19(9-11-23(21)26-24)18-8-4-7-17(13-18)16-5-2-1-3-6-16/h1-15H. The number of hydrogen-bond acceptors (Lipinski definition) is 1. The van der Waals surface area contributed by atoms with Gasteiger partial charge >= 0.3 is 0 Å². The van der Waals surface area contributed by atoms with Gasteiger partial charge in [-0.2, -0.15) is 0 Å². The fraction of sp³-hybridized carbons (Fsp3) is 0. The molecule has 5 aromatic rings. The molecule has 2 heteroatoms. The van der Waals surface area contributed by atoms with Crippen LogP contribution in [0.2, 0.25) is 5.02 Å². The highest BCUT2D eigenvalue weighted by Crippen LogP contribution is 2.38. The lowest BCUT2D eigenvalue weighted by atomic mass is 9.98. The molecule has 0 aliphatic heterocycles. The molecule has 0 atom stereocenters. The van der Waals surface area contributed by atoms with Crippen LogP contribution in [0.15, 0.2) is 91.0 Å². The summed E-state index contributed by atoms with van der Waals surface area (Å²) in [5.74, 6) is 0. The zero-order valence-electron chi connectivity index (χ0n) is 13.9. The van der Waals surface area contributed by atoms with Crippen LogP contribution in [0.4, 0.5) is 0 Å². The topological polar surface area (TPSA) is 0 Å². The van der Waals surface area contributed by atoms with Gasteiger partial charge in [0.15, 0.2) is 0 Å². The van der Waals surface area contributed by atoms with Gasteiger partial charge in [0.25, 0.3) is 0 Å². The highest BCUT2D eigenvalue weighted by atomic mass is 35.5. The van der Waals surface area contributed by atoms with Crippen LogP contribution in [0.3, 0.4) is 0 Å². The summed E-state index contributed by atoms with van der Waals surface area (Å²) in [7, 11) is 0. The lowest BCUT2D eigenvalue weighted by Crippen LogP contribution is -1.81. The van der Waals surface area contributed by atoms with Crippen molar-refractivity contribution < 1.29 is 0 Å². The summed E-state index contributed by atoms with van der Waals surface area (Å²) in [6, 6.07) is 32.1. The van der Waals surface area contributed by atoms with E-state index < -0.39 is 0 Å². The fourth-order valence-electron chi connectivity index (χ4n) is 3.44. The minimum atomic E-state index is 0.786. The van der Waals surface area contributed by atoms with Crippen molar-refractivity contribution in [3.63, 3.8) is 0 Å². The molecule has 0 N–H and O–H groups in total. The number of hydrogen-bond donors (Lipinski definition) is 0. The molecular formula is C24H15ClS. The summed E-state index contributed by atoms with van der Waals surface area (Å²) in [4.78, 5) is 0. The second-order valence-corrected chi connectivity index (χ2v) is 7.92. The maximum absolute atomic E-state index is 6.23. The molecule has 0 radical (unpaired) electrons. The van der Waals surface area contributed by atoms with Crippen LogP contribution in [0, 0.1) is 0 Å². The van der Waals surface area contributed by atoms with E-state index in [1.165, 1.54) is 42.4 Å². The first-order chi connectivity index (χ1) is 12.8. The monoisotopic (exact) mass is 370 g/mol. The molecule has 0 aliphatic rings. The number of thiophene rings is 1. The van der Waals surface area contributed by atoms with Gasteiger partial charge < -0.3 is 0 Å². The molecule has 0 saturated carbocycles. The quantitative estimate of drug-likeness (QED) is 0.295. The summed E-state index contributed by atoms with van der Waals surface area (Å²) in [5, 5.41) is 3.29. The van der Waals surface area contributed by atoms with Crippen molar-refractivity contribution in [2.45, 2.75) is 0 Å². The highest BCUT2D eigenvalue weighted by Gasteiger charge is 2.08. The minimum Gasteiger partial charge on any atom is -0.135 e. The van der Waals surface area contributed by atoms with Crippen LogP contribution in [0.5, 0.6) is 0 Å². The van der Waals surface area contributed by atoms with Gasteiger partial charge in [-0.15, -0.1) is 11.3 Å². The first-order valence-electron chi connectivity index (χ1n) is 8.56. The molecule has 26 heavy (non-hydrogen) atoms. The Kier molecular flexibility index (Phi) is 3.77. The van der Waals surface area contributed by atoms with E-state index in [1.807, 2.05) is 23.5 Å². The van der Waals surface area contributed by atoms with Gasteiger partial charge in [0.05, 0.1) is 0 Å². The highest BCUT2D eigenvalue weighted by molar-refractivity contribution is 7.25. The van der Waals surface area contributed by atoms with Crippen molar-refractivity contribution in [3.05, 3.63) is 96.0 Å². The van der Waals surface area contributed by atoms with Crippen molar-refractivity contribution in [2.75, 3.05) is 0 Å². The van der Waals surface area contributed by atoms with E-state index >= 15 is 0 Å². The Hall–Kier alpha value is -2.61. The first-order valence-corrected chi connectivity index (χ1v) is 9.75. The summed E-state index contributed by atoms with van der Waals surface area (Å²) in [6.45, 7) is 0. The van der Waals surface area contributed by atoms with E-state index in [1.54, 1.807) is 0 Å². The Morgan fingerprint density at radius 2 is 1.12 bits per heavy atom. The van der Waals surface area contributed by atoms with Crippen LogP contribution in [-0.2, 0) is 0 Å². The molecule has 0 unspecified atom stereocenters. The maximum atomic E-state index is 6.23. The van der Waals surface area contributed by atoms with Gasteiger partial charge in [-0.1, -0.05) is 66.2 Å². The lowest BCUT2D eigenvalue weighted by Gasteiger charge is -2.06. The molecule has 0 fully saturated rings. The third-order valence-corrected chi connectivity index (χ3v) is 6.12. The molecule has 0 amide bonds. The number of benzene rings is 4. The van der Waals surface area contributed by atoms with Crippen LogP contribution >= 0.6 is 22.9 Å². The molecule has 1 aromatic heterocycles. The molecule has 0 nitrogen and oxygen atoms in total. The lowest BCUT2D eigenvalue weighted by molar-refractivity contribution is 1.60. The van der Waals surface area contributed by atoms with Crippen LogP contribution in [-0.4, -0.2) is 0 Å². The number of halogens is 1. The molecule has 124 valence electrons. The molecule has 1 heterocycles. The summed E-state index contributed by atoms with van der Waals surface area (Å²) < 4.78 is 2.57.